The Morgan fingerprint density at radius 2 is 1.94 bits per heavy atom. The molecule has 0 unspecified atom stereocenters. The van der Waals surface area contributed by atoms with Crippen LogP contribution in [0.3, 0.4) is 0 Å². The zero-order valence-electron chi connectivity index (χ0n) is 10.00. The number of nitro groups is 1. The van der Waals surface area contributed by atoms with Crippen molar-refractivity contribution in [2.75, 3.05) is 0 Å². The van der Waals surface area contributed by atoms with Gasteiger partial charge in [-0.25, -0.2) is 13.4 Å². The Kier molecular flexibility index (Phi) is 3.34. The smallest absolute Gasteiger partial charge is 0.258 e. The molecule has 0 aromatic carbocycles. The summed E-state index contributed by atoms with van der Waals surface area (Å²) in [5.41, 5.74) is 0.0460. The van der Waals surface area contributed by atoms with Gasteiger partial charge >= 0.3 is 5.69 Å². The second-order valence-corrected chi connectivity index (χ2v) is 6.63. The van der Waals surface area contributed by atoms with Crippen LogP contribution in [0.5, 0.6) is 0 Å². The van der Waals surface area contributed by atoms with Crippen LogP contribution in [0.15, 0.2) is 17.2 Å². The van der Waals surface area contributed by atoms with E-state index in [1.807, 2.05) is 0 Å². The highest BCUT2D eigenvalue weighted by Crippen LogP contribution is 2.32. The molecule has 1 saturated carbocycles. The topological polar surface area (TPSA) is 90.2 Å². The Balaban J connectivity index is 2.55. The molecule has 0 spiro atoms. The minimum absolute atomic E-state index is 0.376. The molecule has 2 rings (SSSR count). The molecular weight excluding hydrogens is 256 g/mol. The van der Waals surface area contributed by atoms with Crippen molar-refractivity contribution in [2.24, 2.45) is 0 Å². The van der Waals surface area contributed by atoms with Gasteiger partial charge in [-0.3, -0.25) is 10.1 Å². The van der Waals surface area contributed by atoms with E-state index in [9.17, 15) is 18.5 Å². The number of nitrogens with zero attached hydrogens (tertiary/aromatic N) is 2. The highest BCUT2D eigenvalue weighted by Gasteiger charge is 2.36. The predicted molar refractivity (Wildman–Crippen MR) is 65.1 cm³/mol. The van der Waals surface area contributed by atoms with Crippen LogP contribution < -0.4 is 0 Å². The first-order valence-corrected chi connectivity index (χ1v) is 7.33. The molecule has 0 saturated heterocycles. The number of aromatic nitrogens is 1. The SMILES string of the molecule is Cc1ccc([N+](=O)[O-])c(S(=O)(=O)C2CCCC2)n1. The van der Waals surface area contributed by atoms with Gasteiger partial charge in [0.15, 0.2) is 0 Å². The van der Waals surface area contributed by atoms with E-state index in [2.05, 4.69) is 4.98 Å². The molecule has 6 nitrogen and oxygen atoms in total. The maximum atomic E-state index is 12.3. The van der Waals surface area contributed by atoms with E-state index in [1.165, 1.54) is 12.1 Å². The Labute approximate surface area is 105 Å². The van der Waals surface area contributed by atoms with E-state index in [0.29, 0.717) is 18.5 Å². The molecule has 0 amide bonds. The molecule has 1 aliphatic rings. The van der Waals surface area contributed by atoms with Crippen LogP contribution in [0.25, 0.3) is 0 Å². The zero-order valence-corrected chi connectivity index (χ0v) is 10.8. The maximum absolute atomic E-state index is 12.3. The van der Waals surface area contributed by atoms with E-state index in [1.54, 1.807) is 6.92 Å². The quantitative estimate of drug-likeness (QED) is 0.619. The normalized spacial score (nSPS) is 16.9. The molecule has 1 aromatic rings. The van der Waals surface area contributed by atoms with Crippen LogP contribution >= 0.6 is 0 Å². The van der Waals surface area contributed by atoms with E-state index >= 15 is 0 Å². The van der Waals surface area contributed by atoms with Crippen molar-refractivity contribution in [3.8, 4) is 0 Å². The summed E-state index contributed by atoms with van der Waals surface area (Å²) in [4.78, 5) is 14.1. The van der Waals surface area contributed by atoms with Crippen LogP contribution in [-0.2, 0) is 9.84 Å². The minimum Gasteiger partial charge on any atom is -0.258 e. The summed E-state index contributed by atoms with van der Waals surface area (Å²) in [6, 6.07) is 2.66. The molecule has 0 atom stereocenters. The lowest BCUT2D eigenvalue weighted by Crippen LogP contribution is -2.20. The lowest BCUT2D eigenvalue weighted by molar-refractivity contribution is -0.388. The van der Waals surface area contributed by atoms with E-state index in [4.69, 9.17) is 0 Å². The van der Waals surface area contributed by atoms with Gasteiger partial charge in [0.25, 0.3) is 0 Å². The third-order valence-electron chi connectivity index (χ3n) is 3.19. The van der Waals surface area contributed by atoms with Crippen molar-refractivity contribution < 1.29 is 13.3 Å². The first kappa shape index (κ1) is 12.9. The molecule has 1 fully saturated rings. The van der Waals surface area contributed by atoms with Gasteiger partial charge < -0.3 is 0 Å². The van der Waals surface area contributed by atoms with Gasteiger partial charge in [-0.2, -0.15) is 0 Å². The van der Waals surface area contributed by atoms with Crippen molar-refractivity contribution in [3.63, 3.8) is 0 Å². The molecule has 18 heavy (non-hydrogen) atoms. The number of pyridine rings is 1. The highest BCUT2D eigenvalue weighted by atomic mass is 32.2. The minimum atomic E-state index is -3.69. The van der Waals surface area contributed by atoms with E-state index in [0.717, 1.165) is 12.8 Å². The largest absolute Gasteiger partial charge is 0.306 e. The van der Waals surface area contributed by atoms with Gasteiger partial charge in [0.2, 0.25) is 14.9 Å². The molecule has 98 valence electrons. The predicted octanol–water partition coefficient (Wildman–Crippen LogP) is 2.01. The Hall–Kier alpha value is -1.50. The summed E-state index contributed by atoms with van der Waals surface area (Å²) in [5, 5.41) is 10.00. The number of aryl methyl sites for hydroxylation is 1. The molecule has 0 radical (unpaired) electrons. The van der Waals surface area contributed by atoms with Crippen LogP contribution in [0.4, 0.5) is 5.69 Å². The van der Waals surface area contributed by atoms with E-state index in [-0.39, 0.29) is 5.03 Å². The molecular formula is C11H14N2O4S. The van der Waals surface area contributed by atoms with Gasteiger partial charge in [0.1, 0.15) is 0 Å². The van der Waals surface area contributed by atoms with Crippen molar-refractivity contribution >= 4 is 15.5 Å². The van der Waals surface area contributed by atoms with Gasteiger partial charge in [-0.15, -0.1) is 0 Å². The Morgan fingerprint density at radius 1 is 1.33 bits per heavy atom. The van der Waals surface area contributed by atoms with Crippen LogP contribution in [0, 0.1) is 17.0 Å². The van der Waals surface area contributed by atoms with E-state index < -0.39 is 25.7 Å². The summed E-state index contributed by atoms with van der Waals surface area (Å²) in [7, 11) is -3.69. The monoisotopic (exact) mass is 270 g/mol. The lowest BCUT2D eigenvalue weighted by atomic mass is 10.3. The molecule has 1 aromatic heterocycles. The first-order valence-electron chi connectivity index (χ1n) is 5.79. The van der Waals surface area contributed by atoms with Crippen LogP contribution in [0.1, 0.15) is 31.4 Å². The molecule has 1 heterocycles. The summed E-state index contributed by atoms with van der Waals surface area (Å²) in [5.74, 6) is 0. The molecule has 0 bridgehead atoms. The fourth-order valence-electron chi connectivity index (χ4n) is 2.23. The van der Waals surface area contributed by atoms with Gasteiger partial charge in [-0.05, 0) is 25.8 Å². The summed E-state index contributed by atoms with van der Waals surface area (Å²) in [6.07, 6.45) is 2.83. The molecule has 1 aliphatic carbocycles. The number of hydrogen-bond donors (Lipinski definition) is 0. The summed E-state index contributed by atoms with van der Waals surface area (Å²) in [6.45, 7) is 1.62. The van der Waals surface area contributed by atoms with Crippen LogP contribution in [0.2, 0.25) is 0 Å². The second-order valence-electron chi connectivity index (χ2n) is 4.49. The highest BCUT2D eigenvalue weighted by molar-refractivity contribution is 7.92. The second kappa shape index (κ2) is 4.64. The van der Waals surface area contributed by atoms with Gasteiger partial charge in [0.05, 0.1) is 10.2 Å². The molecule has 0 N–H and O–H groups in total. The Bertz CT molecular complexity index is 577. The average Bonchev–Trinajstić information content (AvgIpc) is 2.82. The number of hydrogen-bond acceptors (Lipinski definition) is 5. The fraction of sp³-hybridized carbons (Fsp3) is 0.545. The maximum Gasteiger partial charge on any atom is 0.306 e. The van der Waals surface area contributed by atoms with Gasteiger partial charge in [0, 0.05) is 11.8 Å². The van der Waals surface area contributed by atoms with Crippen molar-refractivity contribution in [1.82, 2.24) is 4.98 Å². The lowest BCUT2D eigenvalue weighted by Gasteiger charge is -2.10. The molecule has 0 aliphatic heterocycles. The van der Waals surface area contributed by atoms with Gasteiger partial charge in [-0.1, -0.05) is 12.8 Å². The number of sulfone groups is 1. The standard InChI is InChI=1S/C11H14N2O4S/c1-8-6-7-10(13(14)15)11(12-8)18(16,17)9-4-2-3-5-9/h6-7,9H,2-5H2,1H3. The van der Waals surface area contributed by atoms with Crippen molar-refractivity contribution in [2.45, 2.75) is 42.9 Å². The Morgan fingerprint density at radius 3 is 2.50 bits per heavy atom. The third kappa shape index (κ3) is 2.22. The first-order chi connectivity index (χ1) is 8.43. The summed E-state index contributed by atoms with van der Waals surface area (Å²) < 4.78 is 24.7. The summed E-state index contributed by atoms with van der Waals surface area (Å²) >= 11 is 0. The van der Waals surface area contributed by atoms with Crippen LogP contribution in [-0.4, -0.2) is 23.6 Å². The third-order valence-corrected chi connectivity index (χ3v) is 5.38. The van der Waals surface area contributed by atoms with Crippen molar-refractivity contribution in [1.29, 1.82) is 0 Å². The zero-order chi connectivity index (χ0) is 13.3. The number of rotatable bonds is 3. The fourth-order valence-corrected chi connectivity index (χ4v) is 4.21. The molecule has 7 heteroatoms. The average molecular weight is 270 g/mol. The van der Waals surface area contributed by atoms with Crippen molar-refractivity contribution in [3.05, 3.63) is 27.9 Å².